The molecule has 2 saturated heterocycles. The van der Waals surface area contributed by atoms with Crippen molar-refractivity contribution in [2.75, 3.05) is 42.6 Å². The van der Waals surface area contributed by atoms with Gasteiger partial charge in [0, 0.05) is 49.3 Å². The molecule has 2 aromatic carbocycles. The number of carbonyl (C=O) groups is 3. The lowest BCUT2D eigenvalue weighted by molar-refractivity contribution is -0.145. The molecule has 238 valence electrons. The Bertz CT molecular complexity index is 1470. The Morgan fingerprint density at radius 2 is 1.64 bits per heavy atom. The van der Waals surface area contributed by atoms with Crippen LogP contribution in [0.25, 0.3) is 0 Å². The molecule has 2 aromatic rings. The van der Waals surface area contributed by atoms with E-state index in [-0.39, 0.29) is 35.5 Å². The SMILES string of the molecule is CCN(CC)c1ccc(N2CC=C[C@]34S[C@H]5C=CCN(Cc6ccccc6)C(=O)[C@H]5[C@H]3C(=O)N([C@@H](CO)C(C)C)C4C2=O)cc1. The van der Waals surface area contributed by atoms with Crippen LogP contribution in [0.2, 0.25) is 0 Å². The number of fused-ring (bicyclic) bond motifs is 2. The minimum atomic E-state index is -0.933. The number of nitrogens with zero attached hydrogens (tertiary/aromatic N) is 4. The highest BCUT2D eigenvalue weighted by Gasteiger charge is 2.72. The Morgan fingerprint density at radius 1 is 0.933 bits per heavy atom. The zero-order valence-corrected chi connectivity index (χ0v) is 27.4. The van der Waals surface area contributed by atoms with E-state index in [1.807, 2.05) is 91.6 Å². The number of carbonyl (C=O) groups excluding carboxylic acids is 3. The first-order valence-electron chi connectivity index (χ1n) is 16.2. The van der Waals surface area contributed by atoms with Gasteiger partial charge in [-0.1, -0.05) is 68.5 Å². The monoisotopic (exact) mass is 628 g/mol. The average Bonchev–Trinajstić information content (AvgIpc) is 3.36. The molecule has 0 aromatic heterocycles. The first-order valence-corrected chi connectivity index (χ1v) is 17.1. The summed E-state index contributed by atoms with van der Waals surface area (Å²) in [6, 6.07) is 16.5. The molecular formula is C36H44N4O4S. The lowest BCUT2D eigenvalue weighted by atomic mass is 9.78. The third-order valence-corrected chi connectivity index (χ3v) is 11.7. The van der Waals surface area contributed by atoms with Crippen molar-refractivity contribution in [3.63, 3.8) is 0 Å². The fourth-order valence-corrected chi connectivity index (χ4v) is 9.71. The second-order valence-corrected chi connectivity index (χ2v) is 14.2. The second-order valence-electron chi connectivity index (χ2n) is 12.8. The molecule has 1 spiro atoms. The number of rotatable bonds is 9. The lowest BCUT2D eigenvalue weighted by Crippen LogP contribution is -2.57. The van der Waals surface area contributed by atoms with Gasteiger partial charge in [0.25, 0.3) is 5.91 Å². The van der Waals surface area contributed by atoms with Crippen molar-refractivity contribution < 1.29 is 19.5 Å². The molecule has 9 heteroatoms. The largest absolute Gasteiger partial charge is 0.394 e. The van der Waals surface area contributed by atoms with E-state index in [0.29, 0.717) is 19.6 Å². The number of aliphatic hydroxyl groups excluding tert-OH is 1. The molecule has 4 aliphatic rings. The summed E-state index contributed by atoms with van der Waals surface area (Å²) in [6.07, 6.45) is 8.14. The van der Waals surface area contributed by atoms with Gasteiger partial charge in [0.05, 0.1) is 29.2 Å². The summed E-state index contributed by atoms with van der Waals surface area (Å²) in [5, 5.41) is 10.4. The van der Waals surface area contributed by atoms with Crippen LogP contribution >= 0.6 is 11.8 Å². The molecular weight excluding hydrogens is 584 g/mol. The average molecular weight is 629 g/mol. The van der Waals surface area contributed by atoms with Gasteiger partial charge in [0.2, 0.25) is 11.8 Å². The smallest absolute Gasteiger partial charge is 0.251 e. The van der Waals surface area contributed by atoms with Crippen molar-refractivity contribution in [3.05, 3.63) is 84.5 Å². The molecule has 3 amide bonds. The predicted octanol–water partition coefficient (Wildman–Crippen LogP) is 4.35. The van der Waals surface area contributed by atoms with Crippen LogP contribution in [0.1, 0.15) is 33.3 Å². The van der Waals surface area contributed by atoms with Crippen LogP contribution in [-0.4, -0.2) is 87.5 Å². The fraction of sp³-hybridized carbons (Fsp3) is 0.472. The van der Waals surface area contributed by atoms with E-state index in [1.165, 1.54) is 0 Å². The summed E-state index contributed by atoms with van der Waals surface area (Å²) in [6.45, 7) is 11.0. The highest BCUT2D eigenvalue weighted by atomic mass is 32.2. The standard InChI is InChI=1S/C36H44N4O4S/c1-5-37(6-2)26-15-17-27(18-16-26)39-21-11-19-36-31(34(43)40(32(36)35(39)44)28(23-41)24(3)4)30-29(45-36)14-10-20-38(33(30)42)22-25-12-8-7-9-13-25/h7-19,24,28-32,41H,5-6,20-23H2,1-4H3/t28-,29-,30+,31-,32?,36-/m0/s1. The topological polar surface area (TPSA) is 84.4 Å². The van der Waals surface area contributed by atoms with Gasteiger partial charge in [-0.3, -0.25) is 14.4 Å². The Balaban J connectivity index is 1.40. The van der Waals surface area contributed by atoms with Gasteiger partial charge >= 0.3 is 0 Å². The number of amides is 3. The zero-order valence-electron chi connectivity index (χ0n) is 26.6. The van der Waals surface area contributed by atoms with E-state index in [1.54, 1.807) is 21.6 Å². The molecule has 4 aliphatic heterocycles. The number of anilines is 2. The van der Waals surface area contributed by atoms with Crippen LogP contribution < -0.4 is 9.80 Å². The maximum Gasteiger partial charge on any atom is 0.251 e. The molecule has 1 unspecified atom stereocenters. The minimum Gasteiger partial charge on any atom is -0.394 e. The number of benzene rings is 2. The molecule has 45 heavy (non-hydrogen) atoms. The van der Waals surface area contributed by atoms with Gasteiger partial charge in [-0.25, -0.2) is 0 Å². The maximum absolute atomic E-state index is 14.8. The number of hydrogen-bond acceptors (Lipinski definition) is 6. The number of thioether (sulfide) groups is 1. The molecule has 8 nitrogen and oxygen atoms in total. The van der Waals surface area contributed by atoms with Gasteiger partial charge in [-0.05, 0) is 49.6 Å². The summed E-state index contributed by atoms with van der Waals surface area (Å²) in [7, 11) is 0. The van der Waals surface area contributed by atoms with E-state index in [9.17, 15) is 19.5 Å². The molecule has 6 rings (SSSR count). The van der Waals surface area contributed by atoms with Gasteiger partial charge in [0.1, 0.15) is 6.04 Å². The maximum atomic E-state index is 14.8. The normalized spacial score (nSPS) is 28.2. The van der Waals surface area contributed by atoms with Crippen molar-refractivity contribution >= 4 is 40.9 Å². The van der Waals surface area contributed by atoms with Gasteiger partial charge in [-0.2, -0.15) is 0 Å². The van der Waals surface area contributed by atoms with Gasteiger partial charge < -0.3 is 24.7 Å². The zero-order chi connectivity index (χ0) is 31.9. The summed E-state index contributed by atoms with van der Waals surface area (Å²) in [5.74, 6) is -1.86. The van der Waals surface area contributed by atoms with Gasteiger partial charge in [0.15, 0.2) is 0 Å². The van der Waals surface area contributed by atoms with Crippen LogP contribution in [-0.2, 0) is 20.9 Å². The molecule has 0 bridgehead atoms. The first kappa shape index (κ1) is 31.4. The molecule has 4 heterocycles. The summed E-state index contributed by atoms with van der Waals surface area (Å²) >= 11 is 1.58. The number of aliphatic hydroxyl groups is 1. The van der Waals surface area contributed by atoms with E-state index >= 15 is 0 Å². The Kier molecular flexibility index (Phi) is 8.85. The summed E-state index contributed by atoms with van der Waals surface area (Å²) < 4.78 is -0.933. The second kappa shape index (κ2) is 12.7. The van der Waals surface area contributed by atoms with Crippen molar-refractivity contribution in [2.45, 2.75) is 56.3 Å². The highest BCUT2D eigenvalue weighted by Crippen LogP contribution is 2.61. The van der Waals surface area contributed by atoms with Crippen molar-refractivity contribution in [1.82, 2.24) is 9.80 Å². The Labute approximate surface area is 270 Å². The van der Waals surface area contributed by atoms with Crippen LogP contribution in [0.3, 0.4) is 0 Å². The molecule has 0 aliphatic carbocycles. The van der Waals surface area contributed by atoms with Crippen molar-refractivity contribution in [3.8, 4) is 0 Å². The molecule has 2 fully saturated rings. The minimum absolute atomic E-state index is 0.0591. The summed E-state index contributed by atoms with van der Waals surface area (Å²) in [4.78, 5) is 51.4. The van der Waals surface area contributed by atoms with E-state index in [2.05, 4.69) is 24.8 Å². The highest BCUT2D eigenvalue weighted by molar-refractivity contribution is 8.02. The van der Waals surface area contributed by atoms with Gasteiger partial charge in [-0.15, -0.1) is 11.8 Å². The van der Waals surface area contributed by atoms with E-state index in [0.717, 1.165) is 30.0 Å². The Morgan fingerprint density at radius 3 is 2.29 bits per heavy atom. The predicted molar refractivity (Wildman–Crippen MR) is 180 cm³/mol. The third kappa shape index (κ3) is 5.27. The lowest BCUT2D eigenvalue weighted by Gasteiger charge is -2.39. The third-order valence-electron chi connectivity index (χ3n) is 10.0. The van der Waals surface area contributed by atoms with Crippen molar-refractivity contribution in [2.24, 2.45) is 17.8 Å². The fourth-order valence-electron chi connectivity index (χ4n) is 7.72. The number of hydrogen-bond donors (Lipinski definition) is 1. The van der Waals surface area contributed by atoms with Crippen LogP contribution in [0.4, 0.5) is 11.4 Å². The van der Waals surface area contributed by atoms with Crippen molar-refractivity contribution in [1.29, 1.82) is 0 Å². The molecule has 1 N–H and O–H groups in total. The Hall–Kier alpha value is -3.56. The van der Waals surface area contributed by atoms with E-state index in [4.69, 9.17) is 0 Å². The number of likely N-dealkylation sites (tertiary alicyclic amines) is 1. The van der Waals surface area contributed by atoms with Crippen LogP contribution in [0, 0.1) is 17.8 Å². The molecule has 0 saturated carbocycles. The van der Waals surface area contributed by atoms with Crippen LogP contribution in [0.5, 0.6) is 0 Å². The quantitative estimate of drug-likeness (QED) is 0.416. The van der Waals surface area contributed by atoms with Crippen LogP contribution in [0.15, 0.2) is 78.9 Å². The molecule has 6 atom stereocenters. The van der Waals surface area contributed by atoms with E-state index < -0.39 is 28.7 Å². The summed E-state index contributed by atoms with van der Waals surface area (Å²) in [5.41, 5.74) is 2.89. The first-order chi connectivity index (χ1) is 21.7. The molecule has 0 radical (unpaired) electrons.